The van der Waals surface area contributed by atoms with Crippen LogP contribution in [0.3, 0.4) is 0 Å². The smallest absolute Gasteiger partial charge is 0.260 e. The van der Waals surface area contributed by atoms with Crippen LogP contribution in [0.2, 0.25) is 0 Å². The lowest BCUT2D eigenvalue weighted by atomic mass is 10.1. The number of benzene rings is 2. The van der Waals surface area contributed by atoms with Crippen LogP contribution in [-0.4, -0.2) is 61.5 Å². The quantitative estimate of drug-likeness (QED) is 0.779. The lowest BCUT2D eigenvalue weighted by molar-refractivity contribution is -0.133. The zero-order valence-corrected chi connectivity index (χ0v) is 17.3. The second-order valence-corrected chi connectivity index (χ2v) is 7.29. The fraction of sp³-hybridized carbons (Fsp3) is 0.391. The van der Waals surface area contributed by atoms with Crippen molar-refractivity contribution in [2.75, 3.05) is 39.9 Å². The first-order chi connectivity index (χ1) is 14.0. The van der Waals surface area contributed by atoms with Gasteiger partial charge in [0.05, 0.1) is 7.11 Å². The number of hydrogen-bond acceptors (Lipinski definition) is 4. The summed E-state index contributed by atoms with van der Waals surface area (Å²) in [6, 6.07) is 12.9. The number of carbonyl (C=O) groups excluding carboxylic acids is 2. The number of nitrogens with zero attached hydrogens (tertiary/aromatic N) is 2. The minimum Gasteiger partial charge on any atom is -0.497 e. The Bertz CT molecular complexity index is 864. The zero-order valence-electron chi connectivity index (χ0n) is 17.3. The van der Waals surface area contributed by atoms with E-state index in [0.717, 1.165) is 17.7 Å². The lowest BCUT2D eigenvalue weighted by Gasteiger charge is -2.22. The molecule has 0 spiro atoms. The molecule has 3 rings (SSSR count). The van der Waals surface area contributed by atoms with Gasteiger partial charge in [-0.05, 0) is 67.8 Å². The molecule has 1 heterocycles. The molecule has 0 aliphatic carbocycles. The topological polar surface area (TPSA) is 59.1 Å². The summed E-state index contributed by atoms with van der Waals surface area (Å²) >= 11 is 0. The molecular weight excluding hydrogens is 368 g/mol. The maximum absolute atomic E-state index is 12.8. The predicted molar refractivity (Wildman–Crippen MR) is 112 cm³/mol. The van der Waals surface area contributed by atoms with Gasteiger partial charge in [0, 0.05) is 31.7 Å². The number of aryl methyl sites for hydroxylation is 2. The molecule has 6 heteroatoms. The maximum Gasteiger partial charge on any atom is 0.260 e. The Morgan fingerprint density at radius 1 is 0.862 bits per heavy atom. The van der Waals surface area contributed by atoms with Crippen molar-refractivity contribution in [2.45, 2.75) is 20.3 Å². The van der Waals surface area contributed by atoms with E-state index in [-0.39, 0.29) is 18.4 Å². The van der Waals surface area contributed by atoms with Crippen molar-refractivity contribution in [1.29, 1.82) is 0 Å². The van der Waals surface area contributed by atoms with Gasteiger partial charge in [0.25, 0.3) is 11.8 Å². The second-order valence-electron chi connectivity index (χ2n) is 7.29. The summed E-state index contributed by atoms with van der Waals surface area (Å²) in [5.74, 6) is 1.35. The molecule has 2 aromatic rings. The van der Waals surface area contributed by atoms with Gasteiger partial charge in [-0.1, -0.05) is 6.07 Å². The summed E-state index contributed by atoms with van der Waals surface area (Å²) in [6.45, 7) is 6.36. The normalized spacial score (nSPS) is 14.3. The number of hydrogen-bond donors (Lipinski definition) is 0. The van der Waals surface area contributed by atoms with Gasteiger partial charge in [-0.15, -0.1) is 0 Å². The van der Waals surface area contributed by atoms with Gasteiger partial charge in [-0.25, -0.2) is 0 Å². The summed E-state index contributed by atoms with van der Waals surface area (Å²) < 4.78 is 10.8. The first-order valence-corrected chi connectivity index (χ1v) is 9.89. The highest BCUT2D eigenvalue weighted by Crippen LogP contribution is 2.17. The van der Waals surface area contributed by atoms with Crippen molar-refractivity contribution in [3.8, 4) is 11.5 Å². The van der Waals surface area contributed by atoms with Gasteiger partial charge in [-0.3, -0.25) is 9.59 Å². The molecule has 1 aliphatic heterocycles. The lowest BCUT2D eigenvalue weighted by Crippen LogP contribution is -2.39. The van der Waals surface area contributed by atoms with Crippen LogP contribution in [-0.2, 0) is 4.79 Å². The number of carbonyl (C=O) groups is 2. The Balaban J connectivity index is 1.53. The van der Waals surface area contributed by atoms with Crippen molar-refractivity contribution >= 4 is 11.8 Å². The van der Waals surface area contributed by atoms with Crippen LogP contribution < -0.4 is 9.47 Å². The Morgan fingerprint density at radius 2 is 1.52 bits per heavy atom. The summed E-state index contributed by atoms with van der Waals surface area (Å²) in [4.78, 5) is 28.9. The van der Waals surface area contributed by atoms with Crippen molar-refractivity contribution < 1.29 is 19.1 Å². The fourth-order valence-electron chi connectivity index (χ4n) is 3.33. The molecular formula is C23H28N2O4. The van der Waals surface area contributed by atoms with Crippen LogP contribution in [0.15, 0.2) is 42.5 Å². The fourth-order valence-corrected chi connectivity index (χ4v) is 3.33. The molecule has 0 atom stereocenters. The summed E-state index contributed by atoms with van der Waals surface area (Å²) in [6.07, 6.45) is 0.747. The third kappa shape index (κ3) is 5.28. The minimum atomic E-state index is -0.0537. The van der Waals surface area contributed by atoms with E-state index in [0.29, 0.717) is 37.5 Å². The van der Waals surface area contributed by atoms with Crippen LogP contribution in [0.1, 0.15) is 27.9 Å². The van der Waals surface area contributed by atoms with Crippen molar-refractivity contribution in [1.82, 2.24) is 9.80 Å². The van der Waals surface area contributed by atoms with E-state index in [1.54, 1.807) is 41.2 Å². The highest BCUT2D eigenvalue weighted by molar-refractivity contribution is 5.94. The first kappa shape index (κ1) is 20.7. The molecule has 0 bridgehead atoms. The zero-order chi connectivity index (χ0) is 20.8. The molecule has 6 nitrogen and oxygen atoms in total. The van der Waals surface area contributed by atoms with Gasteiger partial charge < -0.3 is 19.3 Å². The molecule has 1 aliphatic rings. The average Bonchev–Trinajstić information content (AvgIpc) is 3.00. The van der Waals surface area contributed by atoms with Crippen LogP contribution in [0.5, 0.6) is 11.5 Å². The third-order valence-electron chi connectivity index (χ3n) is 5.31. The summed E-state index contributed by atoms with van der Waals surface area (Å²) in [5.41, 5.74) is 2.96. The van der Waals surface area contributed by atoms with E-state index in [1.807, 2.05) is 32.0 Å². The van der Waals surface area contributed by atoms with Gasteiger partial charge in [0.2, 0.25) is 0 Å². The molecule has 2 amide bonds. The number of ether oxygens (including phenoxy) is 2. The van der Waals surface area contributed by atoms with Gasteiger partial charge in [0.15, 0.2) is 6.61 Å². The van der Waals surface area contributed by atoms with Gasteiger partial charge in [-0.2, -0.15) is 0 Å². The monoisotopic (exact) mass is 396 g/mol. The number of methoxy groups -OCH3 is 1. The third-order valence-corrected chi connectivity index (χ3v) is 5.31. The largest absolute Gasteiger partial charge is 0.497 e. The van der Waals surface area contributed by atoms with Crippen LogP contribution >= 0.6 is 0 Å². The standard InChI is InChI=1S/C23H28N2O4/c1-17-5-8-21(15-18(17)2)29-16-22(26)24-11-4-12-25(14-13-24)23(27)19-6-9-20(28-3)10-7-19/h5-10,15H,4,11-14,16H2,1-3H3. The van der Waals surface area contributed by atoms with E-state index in [4.69, 9.17) is 9.47 Å². The first-order valence-electron chi connectivity index (χ1n) is 9.89. The second kappa shape index (κ2) is 9.45. The summed E-state index contributed by atoms with van der Waals surface area (Å²) in [7, 11) is 1.60. The van der Waals surface area contributed by atoms with E-state index in [1.165, 1.54) is 5.56 Å². The van der Waals surface area contributed by atoms with E-state index >= 15 is 0 Å². The average molecular weight is 396 g/mol. The van der Waals surface area contributed by atoms with E-state index in [2.05, 4.69) is 0 Å². The van der Waals surface area contributed by atoms with Crippen LogP contribution in [0.25, 0.3) is 0 Å². The molecule has 0 saturated carbocycles. The van der Waals surface area contributed by atoms with Crippen molar-refractivity contribution in [3.05, 3.63) is 59.2 Å². The Hall–Kier alpha value is -3.02. The minimum absolute atomic E-state index is 0.00886. The Morgan fingerprint density at radius 3 is 2.21 bits per heavy atom. The molecule has 2 aromatic carbocycles. The number of amides is 2. The van der Waals surface area contributed by atoms with Gasteiger partial charge in [0.1, 0.15) is 11.5 Å². The molecule has 29 heavy (non-hydrogen) atoms. The molecule has 0 unspecified atom stereocenters. The predicted octanol–water partition coefficient (Wildman–Crippen LogP) is 3.07. The molecule has 1 fully saturated rings. The van der Waals surface area contributed by atoms with E-state index in [9.17, 15) is 9.59 Å². The molecule has 154 valence electrons. The Kier molecular flexibility index (Phi) is 6.75. The van der Waals surface area contributed by atoms with Crippen LogP contribution in [0, 0.1) is 13.8 Å². The van der Waals surface area contributed by atoms with E-state index < -0.39 is 0 Å². The Labute approximate surface area is 172 Å². The highest BCUT2D eigenvalue weighted by Gasteiger charge is 2.23. The number of rotatable bonds is 5. The van der Waals surface area contributed by atoms with Crippen molar-refractivity contribution in [3.63, 3.8) is 0 Å². The molecule has 0 aromatic heterocycles. The van der Waals surface area contributed by atoms with Crippen molar-refractivity contribution in [2.24, 2.45) is 0 Å². The SMILES string of the molecule is COc1ccc(C(=O)N2CCCN(C(=O)COc3ccc(C)c(C)c3)CC2)cc1. The maximum atomic E-state index is 12.8. The van der Waals surface area contributed by atoms with Gasteiger partial charge >= 0.3 is 0 Å². The summed E-state index contributed by atoms with van der Waals surface area (Å²) in [5, 5.41) is 0. The molecule has 0 N–H and O–H groups in total. The van der Waals surface area contributed by atoms with Crippen LogP contribution in [0.4, 0.5) is 0 Å². The molecule has 0 radical (unpaired) electrons. The molecule has 1 saturated heterocycles. The highest BCUT2D eigenvalue weighted by atomic mass is 16.5.